The topological polar surface area (TPSA) is 32.3 Å². The molecule has 1 heterocycles. The summed E-state index contributed by atoms with van der Waals surface area (Å²) >= 11 is 0. The third-order valence-corrected chi connectivity index (χ3v) is 3.52. The minimum absolute atomic E-state index is 0.00468. The minimum Gasteiger partial charge on any atom is -0.380 e. The van der Waals surface area contributed by atoms with Crippen LogP contribution in [-0.2, 0) is 4.79 Å². The molecule has 1 aliphatic heterocycles. The van der Waals surface area contributed by atoms with Gasteiger partial charge in [0.1, 0.15) is 0 Å². The molecular weight excluding hydrogens is 248 g/mol. The molecule has 0 spiro atoms. The summed E-state index contributed by atoms with van der Waals surface area (Å²) in [4.78, 5) is 13.5. The van der Waals surface area contributed by atoms with Gasteiger partial charge in [0, 0.05) is 30.4 Å². The fourth-order valence-electron chi connectivity index (χ4n) is 2.61. The van der Waals surface area contributed by atoms with Crippen LogP contribution in [-0.4, -0.2) is 29.9 Å². The van der Waals surface area contributed by atoms with Crippen LogP contribution in [0.4, 0.5) is 5.69 Å². The van der Waals surface area contributed by atoms with Gasteiger partial charge in [0.05, 0.1) is 0 Å². The lowest BCUT2D eigenvalue weighted by atomic mass is 10.0. The van der Waals surface area contributed by atoms with Crippen molar-refractivity contribution in [3.05, 3.63) is 42.0 Å². The molecule has 1 saturated heterocycles. The molecule has 3 heteroatoms. The average Bonchev–Trinajstić information content (AvgIpc) is 2.46. The van der Waals surface area contributed by atoms with Gasteiger partial charge in [0.2, 0.25) is 5.91 Å². The summed E-state index contributed by atoms with van der Waals surface area (Å²) in [5.74, 6) is 2.67. The van der Waals surface area contributed by atoms with E-state index in [1.807, 2.05) is 24.0 Å². The van der Waals surface area contributed by atoms with Crippen molar-refractivity contribution in [1.29, 1.82) is 0 Å². The molecule has 2 rings (SSSR count). The number of nitrogens with zero attached hydrogens (tertiary/aromatic N) is 1. The van der Waals surface area contributed by atoms with Gasteiger partial charge < -0.3 is 10.2 Å². The second-order valence-electron chi connectivity index (χ2n) is 5.20. The van der Waals surface area contributed by atoms with Crippen LogP contribution < -0.4 is 5.32 Å². The fraction of sp³-hybridized carbons (Fsp3) is 0.353. The molecule has 3 nitrogen and oxygen atoms in total. The highest BCUT2D eigenvalue weighted by Crippen LogP contribution is 2.19. The van der Waals surface area contributed by atoms with E-state index < -0.39 is 0 Å². The summed E-state index contributed by atoms with van der Waals surface area (Å²) < 4.78 is 0. The van der Waals surface area contributed by atoms with E-state index in [-0.39, 0.29) is 11.9 Å². The van der Waals surface area contributed by atoms with Crippen molar-refractivity contribution in [2.75, 3.05) is 18.4 Å². The molecule has 1 atom stereocenters. The number of amides is 1. The summed E-state index contributed by atoms with van der Waals surface area (Å²) in [6.45, 7) is 7.10. The third-order valence-electron chi connectivity index (χ3n) is 3.52. The lowest BCUT2D eigenvalue weighted by Crippen LogP contribution is -2.44. The number of likely N-dealkylation sites (tertiary alicyclic amines) is 1. The predicted molar refractivity (Wildman–Crippen MR) is 82.5 cm³/mol. The van der Waals surface area contributed by atoms with E-state index in [4.69, 9.17) is 6.42 Å². The van der Waals surface area contributed by atoms with Crippen molar-refractivity contribution >= 4 is 11.6 Å². The van der Waals surface area contributed by atoms with Gasteiger partial charge in [-0.05, 0) is 49.6 Å². The zero-order valence-corrected chi connectivity index (χ0v) is 11.9. The molecule has 1 amide bonds. The first-order valence-electron chi connectivity index (χ1n) is 6.88. The Morgan fingerprint density at radius 1 is 1.55 bits per heavy atom. The monoisotopic (exact) mass is 268 g/mol. The van der Waals surface area contributed by atoms with Gasteiger partial charge >= 0.3 is 0 Å². The third kappa shape index (κ3) is 3.42. The van der Waals surface area contributed by atoms with Crippen LogP contribution in [0.25, 0.3) is 0 Å². The van der Waals surface area contributed by atoms with Crippen LogP contribution in [0.15, 0.2) is 30.9 Å². The van der Waals surface area contributed by atoms with E-state index in [1.165, 1.54) is 6.08 Å². The van der Waals surface area contributed by atoms with Gasteiger partial charge in [-0.1, -0.05) is 12.5 Å². The van der Waals surface area contributed by atoms with Gasteiger partial charge in [0.25, 0.3) is 0 Å². The molecule has 0 aromatic heterocycles. The molecule has 1 aliphatic rings. The maximum Gasteiger partial charge on any atom is 0.246 e. The molecule has 1 aromatic carbocycles. The molecule has 0 bridgehead atoms. The quantitative estimate of drug-likeness (QED) is 0.675. The molecular formula is C17H20N2O. The second kappa shape index (κ2) is 6.29. The van der Waals surface area contributed by atoms with Crippen molar-refractivity contribution in [3.8, 4) is 12.3 Å². The van der Waals surface area contributed by atoms with Crippen molar-refractivity contribution in [2.45, 2.75) is 25.8 Å². The number of nitrogens with one attached hydrogen (secondary N) is 1. The number of piperidine rings is 1. The smallest absolute Gasteiger partial charge is 0.246 e. The fourth-order valence-corrected chi connectivity index (χ4v) is 2.61. The number of benzene rings is 1. The van der Waals surface area contributed by atoms with E-state index in [9.17, 15) is 4.79 Å². The highest BCUT2D eigenvalue weighted by Gasteiger charge is 2.22. The molecule has 104 valence electrons. The Kier molecular flexibility index (Phi) is 4.47. The summed E-state index contributed by atoms with van der Waals surface area (Å²) in [5, 5.41) is 3.48. The lowest BCUT2D eigenvalue weighted by Gasteiger charge is -2.33. The summed E-state index contributed by atoms with van der Waals surface area (Å²) in [7, 11) is 0. The van der Waals surface area contributed by atoms with E-state index in [0.29, 0.717) is 6.54 Å². The van der Waals surface area contributed by atoms with Gasteiger partial charge in [-0.2, -0.15) is 0 Å². The normalized spacial score (nSPS) is 18.2. The predicted octanol–water partition coefficient (Wildman–Crippen LogP) is 2.57. The molecule has 20 heavy (non-hydrogen) atoms. The van der Waals surface area contributed by atoms with E-state index >= 15 is 0 Å². The van der Waals surface area contributed by atoms with Gasteiger partial charge in [-0.3, -0.25) is 4.79 Å². The largest absolute Gasteiger partial charge is 0.380 e. The number of carbonyl (C=O) groups excluding carboxylic acids is 1. The zero-order valence-electron chi connectivity index (χ0n) is 11.9. The number of hydrogen-bond donors (Lipinski definition) is 1. The Hall–Kier alpha value is -2.21. The maximum absolute atomic E-state index is 11.7. The average molecular weight is 268 g/mol. The maximum atomic E-state index is 11.7. The number of carbonyl (C=O) groups is 1. The Morgan fingerprint density at radius 3 is 3.05 bits per heavy atom. The van der Waals surface area contributed by atoms with Crippen LogP contribution in [0.1, 0.15) is 24.0 Å². The van der Waals surface area contributed by atoms with Gasteiger partial charge in [-0.15, -0.1) is 6.42 Å². The molecule has 0 aliphatic carbocycles. The van der Waals surface area contributed by atoms with E-state index in [0.717, 1.165) is 36.2 Å². The molecule has 1 aromatic rings. The number of terminal acetylenes is 1. The number of hydrogen-bond acceptors (Lipinski definition) is 2. The van der Waals surface area contributed by atoms with Crippen molar-refractivity contribution in [1.82, 2.24) is 4.90 Å². The summed E-state index contributed by atoms with van der Waals surface area (Å²) in [6.07, 6.45) is 8.90. The molecule has 1 unspecified atom stereocenters. The van der Waals surface area contributed by atoms with Gasteiger partial charge in [0.15, 0.2) is 0 Å². The van der Waals surface area contributed by atoms with Crippen LogP contribution in [0.3, 0.4) is 0 Å². The summed E-state index contributed by atoms with van der Waals surface area (Å²) in [6, 6.07) is 6.30. The second-order valence-corrected chi connectivity index (χ2v) is 5.20. The first kappa shape index (κ1) is 14.2. The number of anilines is 1. The Balaban J connectivity index is 2.06. The van der Waals surface area contributed by atoms with Crippen molar-refractivity contribution in [3.63, 3.8) is 0 Å². The van der Waals surface area contributed by atoms with Crippen molar-refractivity contribution < 1.29 is 4.79 Å². The Morgan fingerprint density at radius 2 is 2.35 bits per heavy atom. The SMILES string of the molecule is C#Cc1cc(C)cc(NC2CCCN(C(=O)C=C)C2)c1. The Labute approximate surface area is 120 Å². The first-order valence-corrected chi connectivity index (χ1v) is 6.88. The van der Waals surface area contributed by atoms with Crippen LogP contribution in [0, 0.1) is 19.3 Å². The minimum atomic E-state index is 0.00468. The number of rotatable bonds is 3. The lowest BCUT2D eigenvalue weighted by molar-refractivity contribution is -0.127. The van der Waals surface area contributed by atoms with Crippen LogP contribution in [0.5, 0.6) is 0 Å². The summed E-state index contributed by atoms with van der Waals surface area (Å²) in [5.41, 5.74) is 3.04. The highest BCUT2D eigenvalue weighted by atomic mass is 16.2. The van der Waals surface area contributed by atoms with Gasteiger partial charge in [-0.25, -0.2) is 0 Å². The molecule has 1 N–H and O–H groups in total. The molecule has 0 radical (unpaired) electrons. The standard InChI is InChI=1S/C17H20N2O/c1-4-14-9-13(3)10-16(11-14)18-15-7-6-8-19(12-15)17(20)5-2/h1,5,9-11,15,18H,2,6-8,12H2,3H3. The molecule has 0 saturated carbocycles. The van der Waals surface area contributed by atoms with E-state index in [2.05, 4.69) is 23.9 Å². The van der Waals surface area contributed by atoms with Crippen molar-refractivity contribution in [2.24, 2.45) is 0 Å². The molecule has 1 fully saturated rings. The van der Waals surface area contributed by atoms with Crippen LogP contribution in [0.2, 0.25) is 0 Å². The first-order chi connectivity index (χ1) is 9.62. The highest BCUT2D eigenvalue weighted by molar-refractivity contribution is 5.87. The zero-order chi connectivity index (χ0) is 14.5. The number of aryl methyl sites for hydroxylation is 1. The van der Waals surface area contributed by atoms with E-state index in [1.54, 1.807) is 0 Å². The van der Waals surface area contributed by atoms with Crippen LogP contribution >= 0.6 is 0 Å². The Bertz CT molecular complexity index is 557.